The van der Waals surface area contributed by atoms with Crippen molar-refractivity contribution in [2.45, 2.75) is 62.3 Å². The molecule has 0 saturated heterocycles. The highest BCUT2D eigenvalue weighted by Crippen LogP contribution is 2.53. The Labute approximate surface area is 164 Å². The minimum absolute atomic E-state index is 0.988. The molecular formula is C25H33NO. The van der Waals surface area contributed by atoms with E-state index >= 15 is 0 Å². The van der Waals surface area contributed by atoms with Gasteiger partial charge in [0.1, 0.15) is 5.76 Å². The fraction of sp³-hybridized carbons (Fsp3) is 0.440. The lowest BCUT2D eigenvalue weighted by Crippen LogP contribution is -2.24. The third-order valence-corrected chi connectivity index (χ3v) is 7.14. The van der Waals surface area contributed by atoms with Gasteiger partial charge in [-0.2, -0.15) is 0 Å². The molecule has 0 radical (unpaired) electrons. The molecule has 0 bridgehead atoms. The van der Waals surface area contributed by atoms with Crippen molar-refractivity contribution in [2.75, 3.05) is 19.1 Å². The van der Waals surface area contributed by atoms with Gasteiger partial charge >= 0.3 is 0 Å². The highest BCUT2D eigenvalue weighted by molar-refractivity contribution is 6.03. The number of hydrogen-bond donors (Lipinski definition) is 0. The maximum absolute atomic E-state index is 5.83. The van der Waals surface area contributed by atoms with Gasteiger partial charge in [0.25, 0.3) is 0 Å². The molecule has 1 aliphatic rings. The van der Waals surface area contributed by atoms with Gasteiger partial charge in [-0.05, 0) is 107 Å². The van der Waals surface area contributed by atoms with E-state index in [0.717, 1.165) is 5.76 Å². The van der Waals surface area contributed by atoms with Gasteiger partial charge in [-0.25, -0.2) is 0 Å². The molecule has 2 nitrogen and oxygen atoms in total. The van der Waals surface area contributed by atoms with Gasteiger partial charge < -0.3 is 9.64 Å². The highest BCUT2D eigenvalue weighted by Gasteiger charge is 2.34. The molecule has 1 heterocycles. The molecule has 0 spiro atoms. The fourth-order valence-corrected chi connectivity index (χ4v) is 4.73. The summed E-state index contributed by atoms with van der Waals surface area (Å²) in [6, 6.07) is 0. The maximum atomic E-state index is 5.83. The summed E-state index contributed by atoms with van der Waals surface area (Å²) in [7, 11) is 4.01. The number of methoxy groups -OCH3 is 1. The summed E-state index contributed by atoms with van der Waals surface area (Å²) in [5.41, 5.74) is 17.5. The molecule has 3 rings (SSSR count). The SMILES string of the molecule is COC(C)=C1c2c(C)c(C)c(C)c(C)c2N(C)c2c(C)c(C)c(C)c(C)c21. The van der Waals surface area contributed by atoms with Crippen molar-refractivity contribution in [3.8, 4) is 0 Å². The van der Waals surface area contributed by atoms with Crippen LogP contribution in [0.5, 0.6) is 0 Å². The first-order valence-corrected chi connectivity index (χ1v) is 9.76. The molecule has 0 atom stereocenters. The van der Waals surface area contributed by atoms with Crippen LogP contribution >= 0.6 is 0 Å². The zero-order valence-corrected chi connectivity index (χ0v) is 18.9. The first kappa shape index (κ1) is 19.5. The Hall–Kier alpha value is -2.22. The zero-order chi connectivity index (χ0) is 20.4. The number of ether oxygens (including phenoxy) is 1. The molecule has 1 aliphatic heterocycles. The van der Waals surface area contributed by atoms with Crippen molar-refractivity contribution >= 4 is 16.9 Å². The van der Waals surface area contributed by atoms with E-state index in [0.29, 0.717) is 0 Å². The lowest BCUT2D eigenvalue weighted by Gasteiger charge is -2.39. The standard InChI is InChI=1S/C25H33NO/c1-12-14(3)18(7)24-21(16(12)5)23(20(9)27-11)22-17(6)13(2)15(4)19(8)25(22)26(24)10/h1-11H3. The predicted molar refractivity (Wildman–Crippen MR) is 118 cm³/mol. The Balaban J connectivity index is 2.63. The van der Waals surface area contributed by atoms with Crippen molar-refractivity contribution in [3.63, 3.8) is 0 Å². The van der Waals surface area contributed by atoms with Gasteiger partial charge in [0.2, 0.25) is 0 Å². The number of anilines is 2. The first-order chi connectivity index (χ1) is 12.6. The maximum Gasteiger partial charge on any atom is 0.101 e. The molecule has 0 aromatic heterocycles. The summed E-state index contributed by atoms with van der Waals surface area (Å²) < 4.78 is 5.83. The number of hydrogen-bond acceptors (Lipinski definition) is 2. The minimum atomic E-state index is 0.988. The minimum Gasteiger partial charge on any atom is -0.501 e. The normalized spacial score (nSPS) is 12.9. The Morgan fingerprint density at radius 2 is 0.926 bits per heavy atom. The van der Waals surface area contributed by atoms with E-state index in [9.17, 15) is 0 Å². The summed E-state index contributed by atoms with van der Waals surface area (Å²) in [4.78, 5) is 2.42. The van der Waals surface area contributed by atoms with Crippen LogP contribution in [0.15, 0.2) is 5.76 Å². The second-order valence-electron chi connectivity index (χ2n) is 8.14. The molecule has 0 amide bonds. The fourth-order valence-electron chi connectivity index (χ4n) is 4.73. The van der Waals surface area contributed by atoms with Crippen LogP contribution in [0.25, 0.3) is 5.57 Å². The van der Waals surface area contributed by atoms with Gasteiger partial charge in [0.05, 0.1) is 18.5 Å². The van der Waals surface area contributed by atoms with E-state index in [2.05, 4.69) is 74.3 Å². The molecule has 0 N–H and O–H groups in total. The van der Waals surface area contributed by atoms with Crippen molar-refractivity contribution in [1.82, 2.24) is 0 Å². The smallest absolute Gasteiger partial charge is 0.101 e. The van der Waals surface area contributed by atoms with Crippen LogP contribution < -0.4 is 4.90 Å². The number of allylic oxidation sites excluding steroid dienone is 1. The lowest BCUT2D eigenvalue weighted by atomic mass is 9.78. The summed E-state index contributed by atoms with van der Waals surface area (Å²) in [5.74, 6) is 0.988. The topological polar surface area (TPSA) is 12.5 Å². The quantitative estimate of drug-likeness (QED) is 0.525. The molecular weight excluding hydrogens is 330 g/mol. The number of benzene rings is 2. The molecule has 27 heavy (non-hydrogen) atoms. The number of rotatable bonds is 1. The van der Waals surface area contributed by atoms with Gasteiger partial charge in [0.15, 0.2) is 0 Å². The predicted octanol–water partition coefficient (Wildman–Crippen LogP) is 6.66. The van der Waals surface area contributed by atoms with Crippen LogP contribution in [0.1, 0.15) is 62.6 Å². The lowest BCUT2D eigenvalue weighted by molar-refractivity contribution is 0.296. The number of fused-ring (bicyclic) bond motifs is 2. The van der Waals surface area contributed by atoms with Crippen LogP contribution in [-0.2, 0) is 4.74 Å². The van der Waals surface area contributed by atoms with E-state index in [1.54, 1.807) is 7.11 Å². The molecule has 144 valence electrons. The monoisotopic (exact) mass is 363 g/mol. The summed E-state index contributed by atoms with van der Waals surface area (Å²) in [6.45, 7) is 20.1. The van der Waals surface area contributed by atoms with Crippen LogP contribution in [0.3, 0.4) is 0 Å². The average Bonchev–Trinajstić information content (AvgIpc) is 2.65. The summed E-state index contributed by atoms with van der Waals surface area (Å²) in [6.07, 6.45) is 0. The molecule has 2 aromatic rings. The average molecular weight is 364 g/mol. The van der Waals surface area contributed by atoms with Crippen LogP contribution in [0.2, 0.25) is 0 Å². The van der Waals surface area contributed by atoms with E-state index < -0.39 is 0 Å². The van der Waals surface area contributed by atoms with Crippen molar-refractivity contribution in [1.29, 1.82) is 0 Å². The molecule has 0 aliphatic carbocycles. The summed E-state index contributed by atoms with van der Waals surface area (Å²) >= 11 is 0. The molecule has 0 fully saturated rings. The Kier molecular flexibility index (Phi) is 4.66. The van der Waals surface area contributed by atoms with E-state index in [4.69, 9.17) is 4.74 Å². The molecule has 2 aromatic carbocycles. The Bertz CT molecular complexity index is 935. The highest BCUT2D eigenvalue weighted by atomic mass is 16.5. The molecule has 0 saturated carbocycles. The second kappa shape index (κ2) is 6.44. The van der Waals surface area contributed by atoms with Crippen molar-refractivity contribution in [3.05, 3.63) is 61.4 Å². The third kappa shape index (κ3) is 2.46. The molecule has 0 unspecified atom stereocenters. The second-order valence-corrected chi connectivity index (χ2v) is 8.14. The van der Waals surface area contributed by atoms with Gasteiger partial charge in [-0.3, -0.25) is 0 Å². The van der Waals surface area contributed by atoms with Crippen molar-refractivity contribution in [2.24, 2.45) is 0 Å². The van der Waals surface area contributed by atoms with E-state index in [1.165, 1.54) is 72.6 Å². The Morgan fingerprint density at radius 3 is 1.26 bits per heavy atom. The van der Waals surface area contributed by atoms with Crippen molar-refractivity contribution < 1.29 is 4.74 Å². The first-order valence-electron chi connectivity index (χ1n) is 9.76. The van der Waals surface area contributed by atoms with Crippen LogP contribution in [0.4, 0.5) is 11.4 Å². The van der Waals surface area contributed by atoms with E-state index in [1.807, 2.05) is 0 Å². The number of nitrogens with zero attached hydrogens (tertiary/aromatic N) is 1. The molecule has 2 heteroatoms. The van der Waals surface area contributed by atoms with E-state index in [-0.39, 0.29) is 0 Å². The van der Waals surface area contributed by atoms with Gasteiger partial charge in [-0.1, -0.05) is 0 Å². The van der Waals surface area contributed by atoms with Gasteiger partial charge in [-0.15, -0.1) is 0 Å². The van der Waals surface area contributed by atoms with Crippen LogP contribution in [-0.4, -0.2) is 14.2 Å². The van der Waals surface area contributed by atoms with Crippen LogP contribution in [0, 0.1) is 55.4 Å². The van der Waals surface area contributed by atoms with Gasteiger partial charge in [0, 0.05) is 23.7 Å². The largest absolute Gasteiger partial charge is 0.501 e. The zero-order valence-electron chi connectivity index (χ0n) is 18.9. The Morgan fingerprint density at radius 1 is 0.593 bits per heavy atom. The third-order valence-electron chi connectivity index (χ3n) is 7.14. The summed E-state index contributed by atoms with van der Waals surface area (Å²) in [5, 5.41) is 0.